The van der Waals surface area contributed by atoms with Crippen molar-refractivity contribution < 1.29 is 9.18 Å². The van der Waals surface area contributed by atoms with Gasteiger partial charge in [-0.05, 0) is 48.0 Å². The summed E-state index contributed by atoms with van der Waals surface area (Å²) in [4.78, 5) is 12.6. The lowest BCUT2D eigenvalue weighted by molar-refractivity contribution is 0.102. The number of nitrogens with zero attached hydrogens (tertiary/aromatic N) is 4. The van der Waals surface area contributed by atoms with Crippen LogP contribution in [-0.4, -0.2) is 25.5 Å². The molecule has 0 unspecified atom stereocenters. The van der Waals surface area contributed by atoms with Gasteiger partial charge in [0.05, 0.1) is 18.4 Å². The number of nitrogens with one attached hydrogen (secondary N) is 1. The zero-order valence-corrected chi connectivity index (χ0v) is 16.4. The summed E-state index contributed by atoms with van der Waals surface area (Å²) in [6.07, 6.45) is 3.21. The molecule has 2 aromatic carbocycles. The first-order valence-electron chi connectivity index (χ1n) is 8.58. The van der Waals surface area contributed by atoms with E-state index in [1.807, 2.05) is 6.07 Å². The average Bonchev–Trinajstić information content (AvgIpc) is 3.35. The van der Waals surface area contributed by atoms with E-state index < -0.39 is 5.91 Å². The van der Waals surface area contributed by atoms with E-state index in [2.05, 4.69) is 15.5 Å². The van der Waals surface area contributed by atoms with E-state index in [1.54, 1.807) is 53.5 Å². The number of carbonyl (C=O) groups is 1. The summed E-state index contributed by atoms with van der Waals surface area (Å²) in [6, 6.07) is 14.3. The first-order chi connectivity index (χ1) is 14.0. The van der Waals surface area contributed by atoms with Gasteiger partial charge in [0.2, 0.25) is 0 Å². The number of rotatable bonds is 5. The predicted octanol–water partition coefficient (Wildman–Crippen LogP) is 4.82. The van der Waals surface area contributed by atoms with Crippen molar-refractivity contribution in [3.05, 3.63) is 94.1 Å². The highest BCUT2D eigenvalue weighted by Crippen LogP contribution is 2.23. The second-order valence-electron chi connectivity index (χ2n) is 6.19. The molecule has 0 radical (unpaired) electrons. The van der Waals surface area contributed by atoms with E-state index >= 15 is 0 Å². The Labute approximate surface area is 175 Å². The monoisotopic (exact) mass is 429 g/mol. The van der Waals surface area contributed by atoms with E-state index in [0.29, 0.717) is 28.1 Å². The van der Waals surface area contributed by atoms with Crippen LogP contribution in [0.4, 0.5) is 10.2 Å². The van der Waals surface area contributed by atoms with Crippen LogP contribution < -0.4 is 5.32 Å². The van der Waals surface area contributed by atoms with E-state index in [4.69, 9.17) is 23.2 Å². The summed E-state index contributed by atoms with van der Waals surface area (Å²) in [7, 11) is 0. The minimum atomic E-state index is -0.394. The number of aromatic nitrogens is 4. The van der Waals surface area contributed by atoms with Crippen molar-refractivity contribution in [3.63, 3.8) is 0 Å². The summed E-state index contributed by atoms with van der Waals surface area (Å²) in [5, 5.41) is 12.3. The third-order valence-corrected chi connectivity index (χ3v) is 4.79. The van der Waals surface area contributed by atoms with Crippen LogP contribution in [0.25, 0.3) is 5.69 Å². The molecule has 0 atom stereocenters. The standard InChI is InChI=1S/C20H14Cl2FN5O/c21-14-2-1-13(17(22)11-14)12-28-19(7-9-24-28)25-20(29)18-8-10-27(26-18)16-5-3-15(23)4-6-16/h1-11H,12H2,(H,25,29). The van der Waals surface area contributed by atoms with Crippen molar-refractivity contribution >= 4 is 34.9 Å². The lowest BCUT2D eigenvalue weighted by Gasteiger charge is -2.10. The number of hydrogen-bond acceptors (Lipinski definition) is 3. The minimum absolute atomic E-state index is 0.214. The number of amides is 1. The van der Waals surface area contributed by atoms with Gasteiger partial charge >= 0.3 is 0 Å². The average molecular weight is 430 g/mol. The molecule has 4 rings (SSSR count). The Morgan fingerprint density at radius 3 is 2.62 bits per heavy atom. The molecule has 2 heterocycles. The van der Waals surface area contributed by atoms with E-state index in [9.17, 15) is 9.18 Å². The fraction of sp³-hybridized carbons (Fsp3) is 0.0500. The Morgan fingerprint density at radius 2 is 1.86 bits per heavy atom. The van der Waals surface area contributed by atoms with E-state index in [1.165, 1.54) is 16.8 Å². The Balaban J connectivity index is 1.50. The summed E-state index contributed by atoms with van der Waals surface area (Å²) < 4.78 is 16.2. The zero-order valence-electron chi connectivity index (χ0n) is 14.9. The molecule has 9 heteroatoms. The Kier molecular flexibility index (Phi) is 5.33. The molecule has 0 aliphatic heterocycles. The lowest BCUT2D eigenvalue weighted by atomic mass is 10.2. The molecule has 0 saturated carbocycles. The van der Waals surface area contributed by atoms with Crippen LogP contribution in [0.5, 0.6) is 0 Å². The topological polar surface area (TPSA) is 64.7 Å². The van der Waals surface area contributed by atoms with Crippen LogP contribution in [0.1, 0.15) is 16.1 Å². The molecule has 1 N–H and O–H groups in total. The molecule has 146 valence electrons. The molecule has 29 heavy (non-hydrogen) atoms. The van der Waals surface area contributed by atoms with Crippen LogP contribution in [0.15, 0.2) is 67.0 Å². The molecule has 6 nitrogen and oxygen atoms in total. The van der Waals surface area contributed by atoms with Crippen LogP contribution in [0, 0.1) is 5.82 Å². The smallest absolute Gasteiger partial charge is 0.277 e. The Hall–Kier alpha value is -3.16. The number of anilines is 1. The van der Waals surface area contributed by atoms with Crippen molar-refractivity contribution in [2.75, 3.05) is 5.32 Å². The molecule has 0 aliphatic rings. The largest absolute Gasteiger partial charge is 0.305 e. The SMILES string of the molecule is O=C(Nc1ccnn1Cc1ccc(Cl)cc1Cl)c1ccn(-c2ccc(F)cc2)n1. The van der Waals surface area contributed by atoms with Crippen molar-refractivity contribution in [1.29, 1.82) is 0 Å². The molecule has 0 aliphatic carbocycles. The second kappa shape index (κ2) is 8.06. The highest BCUT2D eigenvalue weighted by atomic mass is 35.5. The van der Waals surface area contributed by atoms with Crippen molar-refractivity contribution in [2.24, 2.45) is 0 Å². The summed E-state index contributed by atoms with van der Waals surface area (Å²) in [6.45, 7) is 0.364. The number of halogens is 3. The molecule has 0 fully saturated rings. The first-order valence-corrected chi connectivity index (χ1v) is 9.34. The van der Waals surface area contributed by atoms with Crippen molar-refractivity contribution in [1.82, 2.24) is 19.6 Å². The van der Waals surface area contributed by atoms with Crippen LogP contribution in [0.3, 0.4) is 0 Å². The van der Waals surface area contributed by atoms with Gasteiger partial charge in [-0.15, -0.1) is 0 Å². The number of hydrogen-bond donors (Lipinski definition) is 1. The van der Waals surface area contributed by atoms with Gasteiger partial charge in [-0.2, -0.15) is 10.2 Å². The highest BCUT2D eigenvalue weighted by Gasteiger charge is 2.14. The maximum absolute atomic E-state index is 13.1. The van der Waals surface area contributed by atoms with Gasteiger partial charge in [0.25, 0.3) is 5.91 Å². The summed E-state index contributed by atoms with van der Waals surface area (Å²) in [5.41, 5.74) is 1.68. The molecule has 0 spiro atoms. The third kappa shape index (κ3) is 4.31. The molecule has 1 amide bonds. The Bertz CT molecular complexity index is 1170. The summed E-state index contributed by atoms with van der Waals surface area (Å²) in [5.74, 6) is -0.236. The van der Waals surface area contributed by atoms with Crippen LogP contribution in [-0.2, 0) is 6.54 Å². The van der Waals surface area contributed by atoms with Crippen LogP contribution in [0.2, 0.25) is 10.0 Å². The van der Waals surface area contributed by atoms with Gasteiger partial charge in [-0.3, -0.25) is 4.79 Å². The normalized spacial score (nSPS) is 10.9. The van der Waals surface area contributed by atoms with Gasteiger partial charge in [-0.25, -0.2) is 13.8 Å². The molecular formula is C20H14Cl2FN5O. The van der Waals surface area contributed by atoms with Crippen LogP contribution >= 0.6 is 23.2 Å². The lowest BCUT2D eigenvalue weighted by Crippen LogP contribution is -2.17. The zero-order chi connectivity index (χ0) is 20.4. The third-order valence-electron chi connectivity index (χ3n) is 4.21. The quantitative estimate of drug-likeness (QED) is 0.494. The molecular weight excluding hydrogens is 416 g/mol. The number of carbonyl (C=O) groups excluding carboxylic acids is 1. The summed E-state index contributed by atoms with van der Waals surface area (Å²) >= 11 is 12.2. The first kappa shape index (κ1) is 19.2. The fourth-order valence-electron chi connectivity index (χ4n) is 2.74. The van der Waals surface area contributed by atoms with Crippen molar-refractivity contribution in [3.8, 4) is 5.69 Å². The Morgan fingerprint density at radius 1 is 1.07 bits per heavy atom. The molecule has 4 aromatic rings. The molecule has 0 saturated heterocycles. The van der Waals surface area contributed by atoms with Gasteiger partial charge in [0.1, 0.15) is 11.6 Å². The predicted molar refractivity (Wildman–Crippen MR) is 109 cm³/mol. The highest BCUT2D eigenvalue weighted by molar-refractivity contribution is 6.35. The van der Waals surface area contributed by atoms with Gasteiger partial charge in [0.15, 0.2) is 5.69 Å². The van der Waals surface area contributed by atoms with Crippen molar-refractivity contribution in [2.45, 2.75) is 6.54 Å². The van der Waals surface area contributed by atoms with E-state index in [-0.39, 0.29) is 11.5 Å². The van der Waals surface area contributed by atoms with Gasteiger partial charge in [0, 0.05) is 22.3 Å². The second-order valence-corrected chi connectivity index (χ2v) is 7.03. The maximum Gasteiger partial charge on any atom is 0.277 e. The van der Waals surface area contributed by atoms with E-state index in [0.717, 1.165) is 5.56 Å². The minimum Gasteiger partial charge on any atom is -0.305 e. The molecule has 2 aromatic heterocycles. The van der Waals surface area contributed by atoms with Gasteiger partial charge in [-0.1, -0.05) is 29.3 Å². The maximum atomic E-state index is 13.1. The van der Waals surface area contributed by atoms with Gasteiger partial charge < -0.3 is 5.32 Å². The fourth-order valence-corrected chi connectivity index (χ4v) is 3.21. The number of benzene rings is 2. The molecule has 0 bridgehead atoms.